The maximum atomic E-state index is 12.2. The standard InChI is InChI=1S/C23H20BrNO3.C4H9NO2/c1-27-19-13-25-14-20-21(19)22(26)12-11-18(15-5-3-2-4-6-15)23(22,28-20)16-7-9-17(24)10-8-16;1-5(4-7)2-3-6/h2-10,13-14,18,26H,11-12H2,1H3;4,6H,2-3H2,1H3/t18-,22+,23-;/m0./s1. The monoisotopic (exact) mass is 540 g/mol. The second-order valence-electron chi connectivity index (χ2n) is 8.73. The zero-order valence-electron chi connectivity index (χ0n) is 19.7. The Hall–Kier alpha value is -2.94. The van der Waals surface area contributed by atoms with E-state index in [1.165, 1.54) is 4.90 Å². The minimum atomic E-state index is -1.20. The van der Waals surface area contributed by atoms with Gasteiger partial charge in [0, 0.05) is 24.0 Å². The van der Waals surface area contributed by atoms with Crippen LogP contribution >= 0.6 is 15.9 Å². The first kappa shape index (κ1) is 25.2. The van der Waals surface area contributed by atoms with Crippen LogP contribution in [0.5, 0.6) is 11.5 Å². The molecule has 0 spiro atoms. The summed E-state index contributed by atoms with van der Waals surface area (Å²) in [5.41, 5.74) is 0.661. The number of carbonyl (C=O) groups excluding carboxylic acids is 1. The molecule has 1 aromatic heterocycles. The number of aliphatic hydroxyl groups excluding tert-OH is 1. The molecule has 7 nitrogen and oxygen atoms in total. The molecule has 3 aromatic rings. The van der Waals surface area contributed by atoms with Crippen LogP contribution in [0.1, 0.15) is 35.4 Å². The number of ether oxygens (including phenoxy) is 2. The van der Waals surface area contributed by atoms with Crippen LogP contribution in [0, 0.1) is 0 Å². The minimum absolute atomic E-state index is 0.00279. The third-order valence-corrected chi connectivity index (χ3v) is 7.32. The van der Waals surface area contributed by atoms with Crippen molar-refractivity contribution in [2.24, 2.45) is 0 Å². The van der Waals surface area contributed by atoms with E-state index in [1.54, 1.807) is 26.6 Å². The fourth-order valence-corrected chi connectivity index (χ4v) is 5.49. The number of rotatable bonds is 6. The summed E-state index contributed by atoms with van der Waals surface area (Å²) >= 11 is 3.52. The highest BCUT2D eigenvalue weighted by Gasteiger charge is 2.69. The maximum absolute atomic E-state index is 12.2. The average molecular weight is 541 g/mol. The van der Waals surface area contributed by atoms with Crippen LogP contribution in [0.4, 0.5) is 0 Å². The number of amides is 1. The molecule has 0 bridgehead atoms. The van der Waals surface area contributed by atoms with Crippen molar-refractivity contribution in [3.63, 3.8) is 0 Å². The van der Waals surface area contributed by atoms with Gasteiger partial charge in [-0.2, -0.15) is 0 Å². The summed E-state index contributed by atoms with van der Waals surface area (Å²) in [4.78, 5) is 15.3. The van der Waals surface area contributed by atoms with Gasteiger partial charge in [0.15, 0.2) is 5.60 Å². The second kappa shape index (κ2) is 10.4. The summed E-state index contributed by atoms with van der Waals surface area (Å²) in [6.07, 6.45) is 5.39. The quantitative estimate of drug-likeness (QED) is 0.459. The maximum Gasteiger partial charge on any atom is 0.209 e. The molecule has 0 saturated heterocycles. The number of hydrogen-bond donors (Lipinski definition) is 2. The number of fused-ring (bicyclic) bond motifs is 3. The van der Waals surface area contributed by atoms with E-state index < -0.39 is 11.2 Å². The first-order valence-electron chi connectivity index (χ1n) is 11.4. The van der Waals surface area contributed by atoms with E-state index in [0.29, 0.717) is 36.4 Å². The molecule has 1 aliphatic carbocycles. The Morgan fingerprint density at radius 1 is 1.20 bits per heavy atom. The van der Waals surface area contributed by atoms with Crippen LogP contribution in [0.3, 0.4) is 0 Å². The third-order valence-electron chi connectivity index (χ3n) is 6.79. The van der Waals surface area contributed by atoms with Crippen molar-refractivity contribution in [1.29, 1.82) is 0 Å². The van der Waals surface area contributed by atoms with Gasteiger partial charge in [0.2, 0.25) is 6.41 Å². The van der Waals surface area contributed by atoms with Gasteiger partial charge >= 0.3 is 0 Å². The van der Waals surface area contributed by atoms with E-state index in [-0.39, 0.29) is 12.5 Å². The van der Waals surface area contributed by atoms with Crippen molar-refractivity contribution in [2.75, 3.05) is 27.3 Å². The Kier molecular flexibility index (Phi) is 7.44. The summed E-state index contributed by atoms with van der Waals surface area (Å²) in [7, 11) is 3.22. The molecular formula is C27H29BrN2O5. The van der Waals surface area contributed by atoms with Crippen molar-refractivity contribution in [3.8, 4) is 11.5 Å². The first-order valence-corrected chi connectivity index (χ1v) is 12.2. The number of benzene rings is 2. The Bertz CT molecular complexity index is 1160. The third kappa shape index (κ3) is 4.30. The molecule has 2 aromatic carbocycles. The molecule has 2 aliphatic rings. The van der Waals surface area contributed by atoms with Crippen molar-refractivity contribution in [3.05, 3.63) is 88.2 Å². The van der Waals surface area contributed by atoms with Crippen LogP contribution in [0.15, 0.2) is 71.5 Å². The van der Waals surface area contributed by atoms with Gasteiger partial charge in [0.05, 0.1) is 31.7 Å². The smallest absolute Gasteiger partial charge is 0.209 e. The number of methoxy groups -OCH3 is 1. The van der Waals surface area contributed by atoms with Crippen LogP contribution in [-0.2, 0) is 16.0 Å². The molecule has 0 radical (unpaired) electrons. The number of hydrogen-bond acceptors (Lipinski definition) is 6. The zero-order valence-corrected chi connectivity index (χ0v) is 21.3. The van der Waals surface area contributed by atoms with E-state index >= 15 is 0 Å². The topological polar surface area (TPSA) is 92.1 Å². The Morgan fingerprint density at radius 2 is 1.91 bits per heavy atom. The van der Waals surface area contributed by atoms with Crippen LogP contribution in [0.25, 0.3) is 0 Å². The Morgan fingerprint density at radius 3 is 2.51 bits per heavy atom. The highest BCUT2D eigenvalue weighted by molar-refractivity contribution is 9.10. The molecule has 0 unspecified atom stereocenters. The molecule has 1 aliphatic heterocycles. The molecular weight excluding hydrogens is 512 g/mol. The highest BCUT2D eigenvalue weighted by Crippen LogP contribution is 2.67. The van der Waals surface area contributed by atoms with Gasteiger partial charge in [-0.15, -0.1) is 0 Å². The van der Waals surface area contributed by atoms with E-state index in [9.17, 15) is 9.90 Å². The predicted molar refractivity (Wildman–Crippen MR) is 135 cm³/mol. The number of nitrogens with zero attached hydrogens (tertiary/aromatic N) is 2. The van der Waals surface area contributed by atoms with Gasteiger partial charge in [-0.1, -0.05) is 58.4 Å². The normalized spacial score (nSPS) is 23.9. The molecule has 1 saturated carbocycles. The van der Waals surface area contributed by atoms with Crippen LogP contribution < -0.4 is 9.47 Å². The van der Waals surface area contributed by atoms with Gasteiger partial charge < -0.3 is 24.6 Å². The summed E-state index contributed by atoms with van der Waals surface area (Å²) < 4.78 is 13.2. The SMILES string of the molecule is CN(C=O)CCO.COc1cncc2c1[C@]1(O)CC[C@@H](c3ccccc3)[C@]1(c1ccc(Br)cc1)O2. The average Bonchev–Trinajstić information content (AvgIpc) is 3.32. The van der Waals surface area contributed by atoms with E-state index in [0.717, 1.165) is 22.0 Å². The highest BCUT2D eigenvalue weighted by atomic mass is 79.9. The van der Waals surface area contributed by atoms with Crippen molar-refractivity contribution >= 4 is 22.3 Å². The van der Waals surface area contributed by atoms with E-state index in [4.69, 9.17) is 14.6 Å². The largest absolute Gasteiger partial charge is 0.495 e. The van der Waals surface area contributed by atoms with Crippen molar-refractivity contribution < 1.29 is 24.5 Å². The fraction of sp³-hybridized carbons (Fsp3) is 0.333. The van der Waals surface area contributed by atoms with E-state index in [1.807, 2.05) is 42.5 Å². The molecule has 1 fully saturated rings. The molecule has 3 atom stereocenters. The van der Waals surface area contributed by atoms with Crippen molar-refractivity contribution in [2.45, 2.75) is 30.0 Å². The minimum Gasteiger partial charge on any atom is -0.495 e. The molecule has 2 N–H and O–H groups in total. The number of carbonyl (C=O) groups is 1. The Balaban J connectivity index is 0.000000364. The summed E-state index contributed by atoms with van der Waals surface area (Å²) in [5.74, 6) is 1.15. The van der Waals surface area contributed by atoms with Gasteiger partial charge in [-0.25, -0.2) is 0 Å². The number of aromatic nitrogens is 1. The molecule has 1 amide bonds. The second-order valence-corrected chi connectivity index (χ2v) is 9.65. The first-order chi connectivity index (χ1) is 16.9. The summed E-state index contributed by atoms with van der Waals surface area (Å²) in [6.45, 7) is 0.457. The fourth-order valence-electron chi connectivity index (χ4n) is 5.23. The molecule has 2 heterocycles. The lowest BCUT2D eigenvalue weighted by Crippen LogP contribution is -2.48. The molecule has 5 rings (SSSR count). The number of likely N-dealkylation sites (N-methyl/N-ethyl adjacent to an activating group) is 1. The number of halogens is 1. The summed E-state index contributed by atoms with van der Waals surface area (Å²) in [6, 6.07) is 18.3. The molecule has 184 valence electrons. The van der Waals surface area contributed by atoms with Crippen molar-refractivity contribution in [1.82, 2.24) is 9.88 Å². The number of pyridine rings is 1. The zero-order chi connectivity index (χ0) is 25.1. The lowest BCUT2D eigenvalue weighted by atomic mass is 9.72. The van der Waals surface area contributed by atoms with Gasteiger partial charge in [0.25, 0.3) is 0 Å². The van der Waals surface area contributed by atoms with Crippen LogP contribution in [-0.4, -0.2) is 53.8 Å². The predicted octanol–water partition coefficient (Wildman–Crippen LogP) is 3.97. The molecule has 35 heavy (non-hydrogen) atoms. The Labute approximate surface area is 213 Å². The summed E-state index contributed by atoms with van der Waals surface area (Å²) in [5, 5.41) is 20.3. The van der Waals surface area contributed by atoms with Crippen LogP contribution in [0.2, 0.25) is 0 Å². The lowest BCUT2D eigenvalue weighted by molar-refractivity contribution is -0.117. The lowest BCUT2D eigenvalue weighted by Gasteiger charge is -2.40. The molecule has 8 heteroatoms. The van der Waals surface area contributed by atoms with Gasteiger partial charge in [-0.3, -0.25) is 9.78 Å². The van der Waals surface area contributed by atoms with E-state index in [2.05, 4.69) is 33.0 Å². The van der Waals surface area contributed by atoms with Gasteiger partial charge in [-0.05, 0) is 36.1 Å². The number of aliphatic hydroxyl groups is 2. The van der Waals surface area contributed by atoms with Gasteiger partial charge in [0.1, 0.15) is 17.1 Å².